The summed E-state index contributed by atoms with van der Waals surface area (Å²) >= 11 is 0. The van der Waals surface area contributed by atoms with E-state index in [4.69, 9.17) is 9.63 Å². The number of aliphatic hydroxyl groups is 1. The number of halogens is 3. The SMILES string of the molecule is O=C(N1CCS(=O)(=O)CC1)N1CC(c2ccc(C(F)(F)F)cc2)CC(c2nc(CCO)no2)C1. The largest absolute Gasteiger partial charge is 0.416 e. The van der Waals surface area contributed by atoms with Gasteiger partial charge in [0.2, 0.25) is 5.89 Å². The van der Waals surface area contributed by atoms with Crippen LogP contribution in [0.2, 0.25) is 0 Å². The molecule has 2 fully saturated rings. The fourth-order valence-electron chi connectivity index (χ4n) is 4.36. The number of aliphatic hydroxyl groups excluding tert-OH is 1. The maximum atomic E-state index is 13.2. The lowest BCUT2D eigenvalue weighted by Gasteiger charge is -2.40. The number of carbonyl (C=O) groups is 1. The molecule has 2 atom stereocenters. The molecule has 0 spiro atoms. The topological polar surface area (TPSA) is 117 Å². The van der Waals surface area contributed by atoms with E-state index in [-0.39, 0.29) is 68.6 Å². The molecule has 0 aliphatic carbocycles. The maximum absolute atomic E-state index is 13.2. The first-order valence-electron chi connectivity index (χ1n) is 10.9. The van der Waals surface area contributed by atoms with Gasteiger partial charge in [-0.1, -0.05) is 17.3 Å². The number of rotatable bonds is 4. The molecule has 2 aromatic rings. The third kappa shape index (κ3) is 5.52. The van der Waals surface area contributed by atoms with Crippen LogP contribution in [0.1, 0.15) is 41.1 Å². The molecule has 2 amide bonds. The van der Waals surface area contributed by atoms with E-state index in [1.807, 2.05) is 0 Å². The molecule has 0 bridgehead atoms. The van der Waals surface area contributed by atoms with Crippen molar-refractivity contribution in [3.05, 3.63) is 47.1 Å². The first kappa shape index (κ1) is 24.5. The Hall–Kier alpha value is -2.67. The van der Waals surface area contributed by atoms with Crippen LogP contribution in [0.25, 0.3) is 0 Å². The predicted octanol–water partition coefficient (Wildman–Crippen LogP) is 2.05. The molecule has 9 nitrogen and oxygen atoms in total. The highest BCUT2D eigenvalue weighted by Gasteiger charge is 2.38. The Kier molecular flexibility index (Phi) is 6.85. The summed E-state index contributed by atoms with van der Waals surface area (Å²) in [5.74, 6) is -0.239. The standard InChI is InChI=1S/C21H25F3N4O5S/c22-21(23,24)17-3-1-14(2-4-17)15-11-16(19-25-18(5-8-29)26-33-19)13-28(12-15)20(30)27-6-9-34(31,32)10-7-27/h1-4,15-16,29H,5-13H2. The summed E-state index contributed by atoms with van der Waals surface area (Å²) < 4.78 is 67.8. The molecule has 3 heterocycles. The van der Waals surface area contributed by atoms with Crippen LogP contribution in [-0.4, -0.2) is 83.8 Å². The van der Waals surface area contributed by atoms with Gasteiger partial charge < -0.3 is 19.4 Å². The number of hydrogen-bond donors (Lipinski definition) is 1. The molecule has 1 aromatic carbocycles. The Morgan fingerprint density at radius 3 is 2.35 bits per heavy atom. The number of alkyl halides is 3. The van der Waals surface area contributed by atoms with Crippen LogP contribution < -0.4 is 0 Å². The predicted molar refractivity (Wildman–Crippen MR) is 114 cm³/mol. The van der Waals surface area contributed by atoms with Crippen LogP contribution in [0.3, 0.4) is 0 Å². The van der Waals surface area contributed by atoms with Crippen molar-refractivity contribution >= 4 is 15.9 Å². The van der Waals surface area contributed by atoms with Crippen molar-refractivity contribution in [1.82, 2.24) is 19.9 Å². The molecule has 0 saturated carbocycles. The third-order valence-corrected chi connectivity index (χ3v) is 7.82. The van der Waals surface area contributed by atoms with Crippen LogP contribution in [0, 0.1) is 0 Å². The number of sulfone groups is 1. The smallest absolute Gasteiger partial charge is 0.396 e. The lowest BCUT2D eigenvalue weighted by molar-refractivity contribution is -0.137. The van der Waals surface area contributed by atoms with E-state index in [9.17, 15) is 26.4 Å². The van der Waals surface area contributed by atoms with Crippen LogP contribution in [0.4, 0.5) is 18.0 Å². The zero-order chi connectivity index (χ0) is 24.5. The van der Waals surface area contributed by atoms with E-state index >= 15 is 0 Å². The second-order valence-electron chi connectivity index (χ2n) is 8.60. The number of piperidine rings is 1. The zero-order valence-corrected chi connectivity index (χ0v) is 19.1. The fraction of sp³-hybridized carbons (Fsp3) is 0.571. The van der Waals surface area contributed by atoms with Gasteiger partial charge in [0.15, 0.2) is 15.7 Å². The molecule has 186 valence electrons. The monoisotopic (exact) mass is 502 g/mol. The van der Waals surface area contributed by atoms with Gasteiger partial charge in [-0.15, -0.1) is 0 Å². The van der Waals surface area contributed by atoms with Crippen LogP contribution in [-0.2, 0) is 22.4 Å². The number of hydrogen-bond acceptors (Lipinski definition) is 7. The van der Waals surface area contributed by atoms with Crippen LogP contribution >= 0.6 is 0 Å². The molecule has 4 rings (SSSR count). The lowest BCUT2D eigenvalue weighted by atomic mass is 9.84. The van der Waals surface area contributed by atoms with E-state index in [1.54, 1.807) is 4.90 Å². The summed E-state index contributed by atoms with van der Waals surface area (Å²) in [6.45, 7) is 0.546. The van der Waals surface area contributed by atoms with E-state index in [0.717, 1.165) is 12.1 Å². The van der Waals surface area contributed by atoms with Gasteiger partial charge in [0, 0.05) is 38.5 Å². The minimum absolute atomic E-state index is 0.0918. The Morgan fingerprint density at radius 2 is 1.74 bits per heavy atom. The molecule has 13 heteroatoms. The van der Waals surface area contributed by atoms with Gasteiger partial charge in [0.1, 0.15) is 0 Å². The van der Waals surface area contributed by atoms with Crippen molar-refractivity contribution in [3.63, 3.8) is 0 Å². The lowest BCUT2D eigenvalue weighted by Crippen LogP contribution is -2.53. The summed E-state index contributed by atoms with van der Waals surface area (Å²) in [6, 6.07) is 4.54. The number of aromatic nitrogens is 2. The number of carbonyl (C=O) groups excluding carboxylic acids is 1. The third-order valence-electron chi connectivity index (χ3n) is 6.21. The van der Waals surface area contributed by atoms with Gasteiger partial charge in [0.05, 0.1) is 29.6 Å². The van der Waals surface area contributed by atoms with Crippen molar-refractivity contribution < 1.29 is 36.0 Å². The second kappa shape index (κ2) is 9.53. The minimum atomic E-state index is -4.45. The van der Waals surface area contributed by atoms with Gasteiger partial charge in [-0.2, -0.15) is 18.2 Å². The van der Waals surface area contributed by atoms with Gasteiger partial charge in [-0.3, -0.25) is 0 Å². The highest BCUT2D eigenvalue weighted by atomic mass is 32.2. The average Bonchev–Trinajstić information content (AvgIpc) is 3.27. The quantitative estimate of drug-likeness (QED) is 0.680. The van der Waals surface area contributed by atoms with Crippen molar-refractivity contribution in [2.24, 2.45) is 0 Å². The molecule has 1 N–H and O–H groups in total. The molecular formula is C21H25F3N4O5S. The molecule has 2 aliphatic heterocycles. The summed E-state index contributed by atoms with van der Waals surface area (Å²) in [7, 11) is -3.16. The van der Waals surface area contributed by atoms with Crippen molar-refractivity contribution in [3.8, 4) is 0 Å². The number of nitrogens with zero attached hydrogens (tertiary/aromatic N) is 4. The van der Waals surface area contributed by atoms with Gasteiger partial charge in [-0.05, 0) is 24.1 Å². The average molecular weight is 503 g/mol. The Labute approximate surface area is 194 Å². The molecule has 1 aromatic heterocycles. The van der Waals surface area contributed by atoms with Gasteiger partial charge in [0.25, 0.3) is 0 Å². The Morgan fingerprint density at radius 1 is 1.09 bits per heavy atom. The number of amides is 2. The Balaban J connectivity index is 1.57. The summed E-state index contributed by atoms with van der Waals surface area (Å²) in [4.78, 5) is 20.6. The summed E-state index contributed by atoms with van der Waals surface area (Å²) in [6.07, 6.45) is -3.76. The van der Waals surface area contributed by atoms with E-state index in [0.29, 0.717) is 23.7 Å². The molecule has 34 heavy (non-hydrogen) atoms. The van der Waals surface area contributed by atoms with Crippen molar-refractivity contribution in [2.75, 3.05) is 44.3 Å². The maximum Gasteiger partial charge on any atom is 0.416 e. The van der Waals surface area contributed by atoms with Crippen LogP contribution in [0.15, 0.2) is 28.8 Å². The number of likely N-dealkylation sites (tertiary alicyclic amines) is 1. The van der Waals surface area contributed by atoms with Crippen LogP contribution in [0.5, 0.6) is 0 Å². The van der Waals surface area contributed by atoms with Gasteiger partial charge in [-0.25, -0.2) is 13.2 Å². The molecule has 2 saturated heterocycles. The highest BCUT2D eigenvalue weighted by molar-refractivity contribution is 7.91. The van der Waals surface area contributed by atoms with E-state index in [1.165, 1.54) is 17.0 Å². The van der Waals surface area contributed by atoms with E-state index in [2.05, 4.69) is 10.1 Å². The molecule has 2 aliphatic rings. The normalized spacial score (nSPS) is 23.2. The molecule has 0 radical (unpaired) electrons. The first-order valence-corrected chi connectivity index (χ1v) is 12.7. The number of benzene rings is 1. The second-order valence-corrected chi connectivity index (χ2v) is 10.9. The summed E-state index contributed by atoms with van der Waals surface area (Å²) in [5, 5.41) is 12.9. The van der Waals surface area contributed by atoms with Crippen molar-refractivity contribution in [1.29, 1.82) is 0 Å². The van der Waals surface area contributed by atoms with Crippen molar-refractivity contribution in [2.45, 2.75) is 30.9 Å². The molecule has 2 unspecified atom stereocenters. The first-order chi connectivity index (χ1) is 16.1. The molecular weight excluding hydrogens is 477 g/mol. The van der Waals surface area contributed by atoms with E-state index < -0.39 is 21.6 Å². The Bertz CT molecular complexity index is 1110. The van der Waals surface area contributed by atoms with Gasteiger partial charge >= 0.3 is 12.2 Å². The summed E-state index contributed by atoms with van der Waals surface area (Å²) in [5.41, 5.74) is -0.108. The zero-order valence-electron chi connectivity index (χ0n) is 18.2. The highest BCUT2D eigenvalue weighted by Crippen LogP contribution is 2.37. The fourth-order valence-corrected chi connectivity index (χ4v) is 5.56. The minimum Gasteiger partial charge on any atom is -0.396 e. The number of urea groups is 1.